The summed E-state index contributed by atoms with van der Waals surface area (Å²) in [7, 11) is 3.80. The molecule has 4 heteroatoms. The molecule has 0 spiro atoms. The highest BCUT2D eigenvalue weighted by Crippen LogP contribution is 2.31. The molecule has 2 aromatic carbocycles. The standard InChI is InChI=1S/C22H23FN2O/c1-24-12-3-4-21-20(15-24)19-14-17(23)7-10-22(19)25(21)13-11-16-5-8-18(26-2)9-6-16/h5-11,13-14H,3-4,12,15H2,1-2H3/b13-11-. The Bertz CT molecular complexity index is 956. The predicted octanol–water partition coefficient (Wildman–Crippen LogP) is 4.79. The first kappa shape index (κ1) is 16.9. The van der Waals surface area contributed by atoms with Crippen LogP contribution in [0.2, 0.25) is 0 Å². The third-order valence-electron chi connectivity index (χ3n) is 5.10. The van der Waals surface area contributed by atoms with Crippen molar-refractivity contribution < 1.29 is 9.13 Å². The molecule has 134 valence electrons. The summed E-state index contributed by atoms with van der Waals surface area (Å²) in [5.41, 5.74) is 4.71. The van der Waals surface area contributed by atoms with E-state index in [-0.39, 0.29) is 5.82 Å². The minimum absolute atomic E-state index is 0.177. The number of hydrogen-bond acceptors (Lipinski definition) is 2. The van der Waals surface area contributed by atoms with Gasteiger partial charge >= 0.3 is 0 Å². The summed E-state index contributed by atoms with van der Waals surface area (Å²) in [5.74, 6) is 0.671. The van der Waals surface area contributed by atoms with Gasteiger partial charge in [-0.2, -0.15) is 0 Å². The van der Waals surface area contributed by atoms with E-state index in [1.807, 2.05) is 30.3 Å². The third-order valence-corrected chi connectivity index (χ3v) is 5.10. The molecule has 1 aliphatic heterocycles. The first-order chi connectivity index (χ1) is 12.7. The van der Waals surface area contributed by atoms with Gasteiger partial charge in [0.25, 0.3) is 0 Å². The first-order valence-electron chi connectivity index (χ1n) is 8.97. The number of halogens is 1. The summed E-state index contributed by atoms with van der Waals surface area (Å²) in [5, 5.41) is 1.02. The smallest absolute Gasteiger partial charge is 0.123 e. The Hall–Kier alpha value is -2.59. The molecule has 3 nitrogen and oxygen atoms in total. The van der Waals surface area contributed by atoms with E-state index < -0.39 is 0 Å². The van der Waals surface area contributed by atoms with E-state index in [4.69, 9.17) is 4.74 Å². The molecule has 0 atom stereocenters. The highest BCUT2D eigenvalue weighted by Gasteiger charge is 2.20. The van der Waals surface area contributed by atoms with Gasteiger partial charge in [-0.05, 0) is 74.0 Å². The average Bonchev–Trinajstić information content (AvgIpc) is 2.79. The van der Waals surface area contributed by atoms with Crippen LogP contribution >= 0.6 is 0 Å². The van der Waals surface area contributed by atoms with E-state index >= 15 is 0 Å². The lowest BCUT2D eigenvalue weighted by Crippen LogP contribution is -2.17. The highest BCUT2D eigenvalue weighted by molar-refractivity contribution is 5.88. The molecule has 0 saturated carbocycles. The lowest BCUT2D eigenvalue weighted by atomic mass is 10.1. The van der Waals surface area contributed by atoms with Crippen molar-refractivity contribution >= 4 is 23.2 Å². The lowest BCUT2D eigenvalue weighted by molar-refractivity contribution is 0.333. The Morgan fingerprint density at radius 3 is 2.69 bits per heavy atom. The fraction of sp³-hybridized carbons (Fsp3) is 0.273. The molecular weight excluding hydrogens is 327 g/mol. The molecule has 0 amide bonds. The molecule has 0 saturated heterocycles. The van der Waals surface area contributed by atoms with Crippen LogP contribution < -0.4 is 4.74 Å². The molecule has 26 heavy (non-hydrogen) atoms. The largest absolute Gasteiger partial charge is 0.497 e. The van der Waals surface area contributed by atoms with Crippen LogP contribution in [0.4, 0.5) is 4.39 Å². The molecule has 4 rings (SSSR count). The lowest BCUT2D eigenvalue weighted by Gasteiger charge is -2.12. The maximum atomic E-state index is 13.9. The number of nitrogens with zero attached hydrogens (tertiary/aromatic N) is 2. The summed E-state index contributed by atoms with van der Waals surface area (Å²) < 4.78 is 21.3. The van der Waals surface area contributed by atoms with E-state index in [1.54, 1.807) is 19.2 Å². The molecule has 0 N–H and O–H groups in total. The Balaban J connectivity index is 1.80. The van der Waals surface area contributed by atoms with Gasteiger partial charge in [0.1, 0.15) is 11.6 Å². The second-order valence-corrected chi connectivity index (χ2v) is 6.89. The van der Waals surface area contributed by atoms with Crippen LogP contribution in [0.1, 0.15) is 23.2 Å². The average molecular weight is 350 g/mol. The minimum atomic E-state index is -0.177. The van der Waals surface area contributed by atoms with Crippen molar-refractivity contribution in [3.8, 4) is 5.75 Å². The summed E-state index contributed by atoms with van der Waals surface area (Å²) in [6, 6.07) is 13.1. The van der Waals surface area contributed by atoms with E-state index in [9.17, 15) is 4.39 Å². The predicted molar refractivity (Wildman–Crippen MR) is 105 cm³/mol. The quantitative estimate of drug-likeness (QED) is 0.675. The SMILES string of the molecule is COc1ccc(/C=C\n2c3c(c4cc(F)ccc42)CN(C)CCC3)cc1. The van der Waals surface area contributed by atoms with Gasteiger partial charge < -0.3 is 14.2 Å². The topological polar surface area (TPSA) is 17.4 Å². The minimum Gasteiger partial charge on any atom is -0.497 e. The molecule has 0 fully saturated rings. The molecule has 0 aliphatic carbocycles. The van der Waals surface area contributed by atoms with Gasteiger partial charge in [-0.25, -0.2) is 4.39 Å². The Kier molecular flexibility index (Phi) is 4.51. The summed E-state index contributed by atoms with van der Waals surface area (Å²) in [6.45, 7) is 1.92. The number of benzene rings is 2. The number of methoxy groups -OCH3 is 1. The number of fused-ring (bicyclic) bond motifs is 3. The molecule has 1 aromatic heterocycles. The van der Waals surface area contributed by atoms with Crippen LogP contribution in [0.5, 0.6) is 5.75 Å². The van der Waals surface area contributed by atoms with Crippen LogP contribution in [-0.4, -0.2) is 30.2 Å². The zero-order chi connectivity index (χ0) is 18.1. The monoisotopic (exact) mass is 350 g/mol. The number of rotatable bonds is 3. The number of ether oxygens (including phenoxy) is 1. The van der Waals surface area contributed by atoms with Crippen LogP contribution in [0.15, 0.2) is 42.5 Å². The number of aromatic nitrogens is 1. The summed E-state index contributed by atoms with van der Waals surface area (Å²) in [6.07, 6.45) is 6.31. The van der Waals surface area contributed by atoms with Gasteiger partial charge in [0.15, 0.2) is 0 Å². The molecular formula is C22H23FN2O. The van der Waals surface area contributed by atoms with E-state index in [1.165, 1.54) is 11.3 Å². The second-order valence-electron chi connectivity index (χ2n) is 6.89. The van der Waals surface area contributed by atoms with Crippen LogP contribution in [0.3, 0.4) is 0 Å². The summed E-state index contributed by atoms with van der Waals surface area (Å²) >= 11 is 0. The van der Waals surface area contributed by atoms with Gasteiger partial charge in [-0.1, -0.05) is 12.1 Å². The van der Waals surface area contributed by atoms with Crippen LogP contribution in [0, 0.1) is 5.82 Å². The normalized spacial score (nSPS) is 15.3. The Labute approximate surface area is 153 Å². The highest BCUT2D eigenvalue weighted by atomic mass is 19.1. The Morgan fingerprint density at radius 1 is 1.12 bits per heavy atom. The van der Waals surface area contributed by atoms with Crippen molar-refractivity contribution in [2.24, 2.45) is 0 Å². The molecule has 1 aliphatic rings. The Morgan fingerprint density at radius 2 is 1.92 bits per heavy atom. The zero-order valence-corrected chi connectivity index (χ0v) is 15.2. The van der Waals surface area contributed by atoms with E-state index in [2.05, 4.69) is 28.8 Å². The van der Waals surface area contributed by atoms with E-state index in [0.29, 0.717) is 0 Å². The van der Waals surface area contributed by atoms with Gasteiger partial charge in [0.05, 0.1) is 12.6 Å². The van der Waals surface area contributed by atoms with Crippen molar-refractivity contribution in [3.63, 3.8) is 0 Å². The van der Waals surface area contributed by atoms with Crippen LogP contribution in [0.25, 0.3) is 23.2 Å². The zero-order valence-electron chi connectivity index (χ0n) is 15.2. The van der Waals surface area contributed by atoms with Crippen molar-refractivity contribution in [2.45, 2.75) is 19.4 Å². The van der Waals surface area contributed by atoms with E-state index in [0.717, 1.165) is 48.1 Å². The molecule has 0 unspecified atom stereocenters. The first-order valence-corrected chi connectivity index (χ1v) is 8.97. The maximum absolute atomic E-state index is 13.9. The second kappa shape index (κ2) is 6.96. The van der Waals surface area contributed by atoms with Gasteiger partial charge in [0.2, 0.25) is 0 Å². The number of hydrogen-bond donors (Lipinski definition) is 0. The molecule has 0 radical (unpaired) electrons. The molecule has 2 heterocycles. The van der Waals surface area contributed by atoms with Gasteiger partial charge in [-0.15, -0.1) is 0 Å². The molecule has 0 bridgehead atoms. The van der Waals surface area contributed by atoms with Crippen molar-refractivity contribution in [1.29, 1.82) is 0 Å². The van der Waals surface area contributed by atoms with Crippen LogP contribution in [-0.2, 0) is 13.0 Å². The third kappa shape index (κ3) is 3.13. The fourth-order valence-corrected chi connectivity index (χ4v) is 3.77. The van der Waals surface area contributed by atoms with Gasteiger partial charge in [0, 0.05) is 23.8 Å². The maximum Gasteiger partial charge on any atom is 0.123 e. The molecule has 3 aromatic rings. The van der Waals surface area contributed by atoms with Gasteiger partial charge in [-0.3, -0.25) is 0 Å². The fourth-order valence-electron chi connectivity index (χ4n) is 3.77. The summed E-state index contributed by atoms with van der Waals surface area (Å²) in [4.78, 5) is 2.31. The van der Waals surface area contributed by atoms with Crippen molar-refractivity contribution in [2.75, 3.05) is 20.7 Å². The van der Waals surface area contributed by atoms with Crippen molar-refractivity contribution in [3.05, 3.63) is 65.1 Å². The van der Waals surface area contributed by atoms with Crippen molar-refractivity contribution in [1.82, 2.24) is 9.47 Å².